The Kier molecular flexibility index (Phi) is 4.05. The van der Waals surface area contributed by atoms with Crippen LogP contribution in [-0.4, -0.2) is 24.4 Å². The number of furan rings is 1. The van der Waals surface area contributed by atoms with Crippen LogP contribution in [0.3, 0.4) is 0 Å². The van der Waals surface area contributed by atoms with Crippen LogP contribution in [0.1, 0.15) is 15.9 Å². The maximum atomic E-state index is 12.0. The number of carbonyl (C=O) groups is 1. The van der Waals surface area contributed by atoms with Gasteiger partial charge in [0.15, 0.2) is 0 Å². The topological polar surface area (TPSA) is 33.5 Å². The highest BCUT2D eigenvalue weighted by Gasteiger charge is 2.16. The van der Waals surface area contributed by atoms with E-state index in [1.165, 1.54) is 11.8 Å². The van der Waals surface area contributed by atoms with Gasteiger partial charge in [0.1, 0.15) is 0 Å². The van der Waals surface area contributed by atoms with E-state index in [9.17, 15) is 4.79 Å². The number of nitrogens with zero attached hydrogens (tertiary/aromatic N) is 1. The van der Waals surface area contributed by atoms with Gasteiger partial charge in [-0.25, -0.2) is 0 Å². The number of likely N-dealkylation sites (N-methyl/N-ethyl adjacent to an activating group) is 1. The molecule has 1 amide bonds. The van der Waals surface area contributed by atoms with Gasteiger partial charge in [0, 0.05) is 13.6 Å². The molecule has 1 heterocycles. The number of hydrogen-bond acceptors (Lipinski definition) is 2. The van der Waals surface area contributed by atoms with Crippen LogP contribution in [-0.2, 0) is 6.42 Å². The van der Waals surface area contributed by atoms with E-state index >= 15 is 0 Å². The number of amides is 1. The molecule has 0 aliphatic carbocycles. The van der Waals surface area contributed by atoms with Gasteiger partial charge in [-0.2, -0.15) is 0 Å². The summed E-state index contributed by atoms with van der Waals surface area (Å²) < 4.78 is 4.92. The number of carbonyl (C=O) groups excluding carboxylic acids is 1. The monoisotopic (exact) mass is 263 g/mol. The van der Waals surface area contributed by atoms with Crippen LogP contribution in [0.4, 0.5) is 0 Å². The van der Waals surface area contributed by atoms with Crippen molar-refractivity contribution < 1.29 is 9.21 Å². The van der Waals surface area contributed by atoms with Gasteiger partial charge in [-0.05, 0) is 29.7 Å². The first-order valence-corrected chi connectivity index (χ1v) is 6.08. The van der Waals surface area contributed by atoms with E-state index in [2.05, 4.69) is 0 Å². The van der Waals surface area contributed by atoms with E-state index in [1.807, 2.05) is 30.3 Å². The van der Waals surface area contributed by atoms with Gasteiger partial charge in [-0.3, -0.25) is 4.79 Å². The maximum Gasteiger partial charge on any atom is 0.258 e. The molecule has 0 aliphatic heterocycles. The van der Waals surface area contributed by atoms with Crippen molar-refractivity contribution in [1.29, 1.82) is 0 Å². The molecule has 0 saturated heterocycles. The third-order valence-corrected chi connectivity index (χ3v) is 3.07. The summed E-state index contributed by atoms with van der Waals surface area (Å²) in [4.78, 5) is 13.7. The summed E-state index contributed by atoms with van der Waals surface area (Å²) in [5.41, 5.74) is 1.61. The predicted molar refractivity (Wildman–Crippen MR) is 70.8 cm³/mol. The molecule has 0 radical (unpaired) electrons. The Labute approximate surface area is 111 Å². The predicted octanol–water partition coefficient (Wildman–Crippen LogP) is 3.25. The van der Waals surface area contributed by atoms with Gasteiger partial charge in [-0.1, -0.05) is 30.3 Å². The van der Waals surface area contributed by atoms with Gasteiger partial charge in [0.25, 0.3) is 5.91 Å². The minimum absolute atomic E-state index is 0.121. The van der Waals surface area contributed by atoms with Gasteiger partial charge in [0.2, 0.25) is 5.22 Å². The van der Waals surface area contributed by atoms with Crippen molar-refractivity contribution in [2.24, 2.45) is 0 Å². The molecule has 0 spiro atoms. The standard InChI is InChI=1S/C14H14ClNO2/c1-16(9-7-11-5-3-2-4-6-11)14(17)12-8-10-18-13(12)15/h2-6,8,10H,7,9H2,1H3. The molecule has 4 heteroatoms. The van der Waals surface area contributed by atoms with E-state index in [4.69, 9.17) is 16.0 Å². The first-order valence-electron chi connectivity index (χ1n) is 5.71. The van der Waals surface area contributed by atoms with Crippen molar-refractivity contribution in [3.05, 3.63) is 59.0 Å². The zero-order valence-electron chi connectivity index (χ0n) is 10.1. The minimum atomic E-state index is -0.121. The molecular formula is C14H14ClNO2. The Morgan fingerprint density at radius 2 is 2.00 bits per heavy atom. The second-order valence-electron chi connectivity index (χ2n) is 4.07. The highest BCUT2D eigenvalue weighted by atomic mass is 35.5. The normalized spacial score (nSPS) is 10.3. The molecule has 1 aromatic heterocycles. The largest absolute Gasteiger partial charge is 0.452 e. The Morgan fingerprint density at radius 1 is 1.28 bits per heavy atom. The van der Waals surface area contributed by atoms with Gasteiger partial charge >= 0.3 is 0 Å². The van der Waals surface area contributed by atoms with Crippen molar-refractivity contribution >= 4 is 17.5 Å². The summed E-state index contributed by atoms with van der Waals surface area (Å²) in [5.74, 6) is -0.121. The van der Waals surface area contributed by atoms with Crippen molar-refractivity contribution in [2.45, 2.75) is 6.42 Å². The number of hydrogen-bond donors (Lipinski definition) is 0. The Bertz CT molecular complexity index is 522. The average Bonchev–Trinajstić information content (AvgIpc) is 2.82. The lowest BCUT2D eigenvalue weighted by Crippen LogP contribution is -2.28. The molecule has 18 heavy (non-hydrogen) atoms. The van der Waals surface area contributed by atoms with E-state index in [0.29, 0.717) is 12.1 Å². The van der Waals surface area contributed by atoms with Crippen LogP contribution in [0, 0.1) is 0 Å². The molecule has 0 saturated carbocycles. The second-order valence-corrected chi connectivity index (χ2v) is 4.41. The van der Waals surface area contributed by atoms with Crippen molar-refractivity contribution in [2.75, 3.05) is 13.6 Å². The molecule has 0 N–H and O–H groups in total. The van der Waals surface area contributed by atoms with Crippen LogP contribution in [0.2, 0.25) is 5.22 Å². The van der Waals surface area contributed by atoms with Crippen molar-refractivity contribution in [1.82, 2.24) is 4.90 Å². The fourth-order valence-electron chi connectivity index (χ4n) is 1.69. The molecule has 2 aromatic rings. The SMILES string of the molecule is CN(CCc1ccccc1)C(=O)c1ccoc1Cl. The number of rotatable bonds is 4. The summed E-state index contributed by atoms with van der Waals surface area (Å²) in [6.07, 6.45) is 2.24. The lowest BCUT2D eigenvalue weighted by Gasteiger charge is -2.16. The number of halogens is 1. The molecule has 3 nitrogen and oxygen atoms in total. The summed E-state index contributed by atoms with van der Waals surface area (Å²) in [7, 11) is 1.76. The van der Waals surface area contributed by atoms with E-state index in [-0.39, 0.29) is 11.1 Å². The lowest BCUT2D eigenvalue weighted by molar-refractivity contribution is 0.0796. The van der Waals surface area contributed by atoms with E-state index in [0.717, 1.165) is 6.42 Å². The molecule has 1 aromatic carbocycles. The van der Waals surface area contributed by atoms with Crippen LogP contribution in [0.15, 0.2) is 47.1 Å². The summed E-state index contributed by atoms with van der Waals surface area (Å²) in [6, 6.07) is 11.6. The molecule has 0 unspecified atom stereocenters. The number of benzene rings is 1. The molecular weight excluding hydrogens is 250 g/mol. The van der Waals surface area contributed by atoms with Gasteiger partial charge in [-0.15, -0.1) is 0 Å². The van der Waals surface area contributed by atoms with Crippen molar-refractivity contribution in [3.63, 3.8) is 0 Å². The van der Waals surface area contributed by atoms with Gasteiger partial charge < -0.3 is 9.32 Å². The smallest absolute Gasteiger partial charge is 0.258 e. The van der Waals surface area contributed by atoms with E-state index < -0.39 is 0 Å². The van der Waals surface area contributed by atoms with E-state index in [1.54, 1.807) is 18.0 Å². The third-order valence-electron chi connectivity index (χ3n) is 2.77. The zero-order valence-corrected chi connectivity index (χ0v) is 10.9. The summed E-state index contributed by atoms with van der Waals surface area (Å²) in [5, 5.41) is 0.145. The Balaban J connectivity index is 1.95. The molecule has 0 bridgehead atoms. The average molecular weight is 264 g/mol. The van der Waals surface area contributed by atoms with Crippen molar-refractivity contribution in [3.8, 4) is 0 Å². The van der Waals surface area contributed by atoms with Crippen LogP contribution in [0.5, 0.6) is 0 Å². The second kappa shape index (κ2) is 5.74. The molecule has 2 rings (SSSR count). The fraction of sp³-hybridized carbons (Fsp3) is 0.214. The molecule has 94 valence electrons. The minimum Gasteiger partial charge on any atom is -0.452 e. The lowest BCUT2D eigenvalue weighted by atomic mass is 10.1. The molecule has 0 aliphatic rings. The highest BCUT2D eigenvalue weighted by molar-refractivity contribution is 6.32. The highest BCUT2D eigenvalue weighted by Crippen LogP contribution is 2.18. The molecule has 0 atom stereocenters. The first kappa shape index (κ1) is 12.7. The Morgan fingerprint density at radius 3 is 2.61 bits per heavy atom. The quantitative estimate of drug-likeness (QED) is 0.848. The Hall–Kier alpha value is -1.74. The first-order chi connectivity index (χ1) is 8.68. The molecule has 0 fully saturated rings. The fourth-order valence-corrected chi connectivity index (χ4v) is 1.89. The maximum absolute atomic E-state index is 12.0. The van der Waals surface area contributed by atoms with Crippen LogP contribution < -0.4 is 0 Å². The van der Waals surface area contributed by atoms with Gasteiger partial charge in [0.05, 0.1) is 11.8 Å². The summed E-state index contributed by atoms with van der Waals surface area (Å²) >= 11 is 5.78. The summed E-state index contributed by atoms with van der Waals surface area (Å²) in [6.45, 7) is 0.643. The van der Waals surface area contributed by atoms with Crippen LogP contribution >= 0.6 is 11.6 Å². The van der Waals surface area contributed by atoms with Crippen LogP contribution in [0.25, 0.3) is 0 Å². The third kappa shape index (κ3) is 2.93. The zero-order chi connectivity index (χ0) is 13.0.